The molecule has 0 fully saturated rings. The number of hydrogen-bond donors (Lipinski definition) is 1. The van der Waals surface area contributed by atoms with Gasteiger partial charge >= 0.3 is 0 Å². The van der Waals surface area contributed by atoms with Crippen LogP contribution in [0.5, 0.6) is 0 Å². The Bertz CT molecular complexity index is 790. The van der Waals surface area contributed by atoms with Crippen molar-refractivity contribution in [2.45, 2.75) is 0 Å². The topological polar surface area (TPSA) is 15.8 Å². The molecule has 0 aliphatic carbocycles. The number of aromatic amines is 1. The van der Waals surface area contributed by atoms with Crippen LogP contribution in [-0.2, 0) is 0 Å². The Morgan fingerprint density at radius 1 is 0.882 bits per heavy atom. The Morgan fingerprint density at radius 2 is 1.82 bits per heavy atom. The van der Waals surface area contributed by atoms with Crippen molar-refractivity contribution in [2.75, 3.05) is 0 Å². The second-order valence-electron chi connectivity index (χ2n) is 4.00. The quantitative estimate of drug-likeness (QED) is 0.486. The molecule has 0 unspecified atom stereocenters. The Morgan fingerprint density at radius 3 is 2.71 bits per heavy atom. The first-order chi connectivity index (χ1) is 8.42. The third kappa shape index (κ3) is 1.36. The summed E-state index contributed by atoms with van der Waals surface area (Å²) in [4.78, 5) is 7.46. The molecular weight excluding hydrogens is 246 g/mol. The molecule has 1 N–H and O–H groups in total. The van der Waals surface area contributed by atoms with Gasteiger partial charge in [-0.05, 0) is 23.6 Å². The molecule has 0 saturated carbocycles. The summed E-state index contributed by atoms with van der Waals surface area (Å²) in [7, 11) is 0. The zero-order valence-corrected chi connectivity index (χ0v) is 10.6. The van der Waals surface area contributed by atoms with E-state index in [0.717, 1.165) is 0 Å². The van der Waals surface area contributed by atoms with Gasteiger partial charge in [-0.15, -0.1) is 22.7 Å². The van der Waals surface area contributed by atoms with Crippen LogP contribution in [0.15, 0.2) is 47.8 Å². The minimum absolute atomic E-state index is 1.23. The molecule has 0 spiro atoms. The molecule has 0 bridgehead atoms. The summed E-state index contributed by atoms with van der Waals surface area (Å²) >= 11 is 3.63. The van der Waals surface area contributed by atoms with Gasteiger partial charge in [-0.3, -0.25) is 0 Å². The van der Waals surface area contributed by atoms with Crippen LogP contribution in [0.25, 0.3) is 30.9 Å². The van der Waals surface area contributed by atoms with Gasteiger partial charge in [0.15, 0.2) is 0 Å². The summed E-state index contributed by atoms with van der Waals surface area (Å²) in [5.74, 6) is 0. The summed E-state index contributed by atoms with van der Waals surface area (Å²) in [6, 6.07) is 15.1. The van der Waals surface area contributed by atoms with Crippen molar-refractivity contribution >= 4 is 43.8 Å². The molecule has 82 valence electrons. The molecular formula is C14H9NS2. The van der Waals surface area contributed by atoms with E-state index in [4.69, 9.17) is 0 Å². The third-order valence-corrected chi connectivity index (χ3v) is 5.08. The normalized spacial score (nSPS) is 11.5. The van der Waals surface area contributed by atoms with E-state index in [1.54, 1.807) is 11.3 Å². The number of fused-ring (bicyclic) bond motifs is 3. The first kappa shape index (κ1) is 9.45. The van der Waals surface area contributed by atoms with Gasteiger partial charge in [-0.25, -0.2) is 0 Å². The minimum Gasteiger partial charge on any atom is -0.346 e. The fraction of sp³-hybridized carbons (Fsp3) is 0. The summed E-state index contributed by atoms with van der Waals surface area (Å²) in [5.41, 5.74) is 1.23. The molecule has 3 aromatic heterocycles. The highest BCUT2D eigenvalue weighted by atomic mass is 32.1. The predicted molar refractivity (Wildman–Crippen MR) is 77.0 cm³/mol. The highest BCUT2D eigenvalue weighted by Gasteiger charge is 2.09. The zero-order chi connectivity index (χ0) is 11.2. The maximum atomic E-state index is 3.48. The van der Waals surface area contributed by atoms with Crippen molar-refractivity contribution < 1.29 is 0 Å². The van der Waals surface area contributed by atoms with Crippen molar-refractivity contribution in [1.29, 1.82) is 0 Å². The minimum atomic E-state index is 1.23. The number of H-pyrrole nitrogens is 1. The van der Waals surface area contributed by atoms with E-state index in [1.807, 2.05) is 11.3 Å². The molecule has 4 rings (SSSR count). The van der Waals surface area contributed by atoms with Gasteiger partial charge in [0, 0.05) is 26.0 Å². The molecule has 0 radical (unpaired) electrons. The van der Waals surface area contributed by atoms with Crippen LogP contribution in [0.4, 0.5) is 0 Å². The van der Waals surface area contributed by atoms with E-state index in [1.165, 1.54) is 30.9 Å². The summed E-state index contributed by atoms with van der Waals surface area (Å²) in [6.45, 7) is 0. The first-order valence-corrected chi connectivity index (χ1v) is 7.15. The van der Waals surface area contributed by atoms with Crippen LogP contribution in [-0.4, -0.2) is 4.98 Å². The monoisotopic (exact) mass is 255 g/mol. The van der Waals surface area contributed by atoms with E-state index in [2.05, 4.69) is 52.8 Å². The van der Waals surface area contributed by atoms with Gasteiger partial charge in [-0.1, -0.05) is 24.3 Å². The summed E-state index contributed by atoms with van der Waals surface area (Å²) in [5, 5.41) is 4.79. The number of nitrogens with one attached hydrogen (secondary N) is 1. The Labute approximate surface area is 106 Å². The number of thiophene rings is 2. The van der Waals surface area contributed by atoms with E-state index >= 15 is 0 Å². The lowest BCUT2D eigenvalue weighted by atomic mass is 10.2. The molecule has 0 atom stereocenters. The lowest BCUT2D eigenvalue weighted by Crippen LogP contribution is -1.65. The molecule has 3 heterocycles. The lowest BCUT2D eigenvalue weighted by molar-refractivity contribution is 1.58. The van der Waals surface area contributed by atoms with Crippen molar-refractivity contribution in [3.05, 3.63) is 47.8 Å². The number of para-hydroxylation sites is 1. The second kappa shape index (κ2) is 3.45. The first-order valence-electron chi connectivity index (χ1n) is 5.46. The molecule has 0 saturated heterocycles. The highest BCUT2D eigenvalue weighted by molar-refractivity contribution is 7.25. The maximum absolute atomic E-state index is 3.48. The molecule has 3 heteroatoms. The largest absolute Gasteiger partial charge is 0.346 e. The second-order valence-corrected chi connectivity index (χ2v) is 6.00. The van der Waals surface area contributed by atoms with E-state index in [0.29, 0.717) is 0 Å². The van der Waals surface area contributed by atoms with Gasteiger partial charge < -0.3 is 4.98 Å². The van der Waals surface area contributed by atoms with E-state index in [-0.39, 0.29) is 0 Å². The number of rotatable bonds is 1. The molecule has 0 amide bonds. The molecule has 0 aliphatic rings. The molecule has 0 aliphatic heterocycles. The van der Waals surface area contributed by atoms with Gasteiger partial charge in [0.2, 0.25) is 0 Å². The fourth-order valence-corrected chi connectivity index (χ4v) is 4.08. The van der Waals surface area contributed by atoms with Crippen molar-refractivity contribution in [1.82, 2.24) is 4.98 Å². The predicted octanol–water partition coefficient (Wildman–Crippen LogP) is 5.11. The van der Waals surface area contributed by atoms with Crippen LogP contribution >= 0.6 is 22.7 Å². The lowest BCUT2D eigenvalue weighted by Gasteiger charge is -1.89. The van der Waals surface area contributed by atoms with E-state index < -0.39 is 0 Å². The Hall–Kier alpha value is -1.58. The molecule has 1 aromatic carbocycles. The van der Waals surface area contributed by atoms with Crippen molar-refractivity contribution in [2.24, 2.45) is 0 Å². The number of aromatic nitrogens is 1. The van der Waals surface area contributed by atoms with Crippen LogP contribution in [0.1, 0.15) is 0 Å². The zero-order valence-electron chi connectivity index (χ0n) is 8.94. The Balaban J connectivity index is 2.05. The third-order valence-electron chi connectivity index (χ3n) is 2.96. The summed E-state index contributed by atoms with van der Waals surface area (Å²) < 4.78 is 0. The molecule has 4 aromatic rings. The average Bonchev–Trinajstić information content (AvgIpc) is 3.03. The standard InChI is InChI=1S/C14H9NS2/c1-2-5-11-9(4-1)10-8-13(17-14(10)15-11)12-6-3-7-16-12/h1-8,15H. The highest BCUT2D eigenvalue weighted by Crippen LogP contribution is 2.38. The molecule has 17 heavy (non-hydrogen) atoms. The van der Waals surface area contributed by atoms with Crippen LogP contribution in [0.3, 0.4) is 0 Å². The SMILES string of the molecule is c1csc(-c2cc3c([nH]c4ccccc43)s2)c1. The van der Waals surface area contributed by atoms with Crippen LogP contribution in [0, 0.1) is 0 Å². The van der Waals surface area contributed by atoms with Gasteiger partial charge in [0.1, 0.15) is 4.83 Å². The maximum Gasteiger partial charge on any atom is 0.101 e. The number of hydrogen-bond acceptors (Lipinski definition) is 2. The van der Waals surface area contributed by atoms with E-state index in [9.17, 15) is 0 Å². The van der Waals surface area contributed by atoms with Crippen LogP contribution < -0.4 is 0 Å². The van der Waals surface area contributed by atoms with Gasteiger partial charge in [-0.2, -0.15) is 0 Å². The average molecular weight is 255 g/mol. The van der Waals surface area contributed by atoms with Crippen LogP contribution in [0.2, 0.25) is 0 Å². The smallest absolute Gasteiger partial charge is 0.101 e. The molecule has 1 nitrogen and oxygen atoms in total. The number of benzene rings is 1. The fourth-order valence-electron chi connectivity index (χ4n) is 2.17. The van der Waals surface area contributed by atoms with Crippen molar-refractivity contribution in [3.8, 4) is 9.75 Å². The van der Waals surface area contributed by atoms with Gasteiger partial charge in [0.25, 0.3) is 0 Å². The van der Waals surface area contributed by atoms with Crippen molar-refractivity contribution in [3.63, 3.8) is 0 Å². The van der Waals surface area contributed by atoms with Gasteiger partial charge in [0.05, 0.1) is 0 Å². The Kier molecular flexibility index (Phi) is 1.92. The summed E-state index contributed by atoms with van der Waals surface area (Å²) in [6.07, 6.45) is 0.